The van der Waals surface area contributed by atoms with Gasteiger partial charge in [-0.2, -0.15) is 0 Å². The third-order valence-electron chi connectivity index (χ3n) is 3.94. The molecule has 1 N–H and O–H groups in total. The molecule has 0 fully saturated rings. The van der Waals surface area contributed by atoms with Gasteiger partial charge in [-0.3, -0.25) is 4.99 Å². The average molecular weight is 308 g/mol. The number of rotatable bonds is 3. The fourth-order valence-electron chi connectivity index (χ4n) is 2.69. The van der Waals surface area contributed by atoms with Crippen molar-refractivity contribution in [1.82, 2.24) is 0 Å². The maximum atomic E-state index is 8.80. The van der Waals surface area contributed by atoms with Gasteiger partial charge in [-0.15, -0.1) is 0 Å². The second-order valence-electron chi connectivity index (χ2n) is 5.30. The van der Waals surface area contributed by atoms with Crippen molar-refractivity contribution in [3.63, 3.8) is 0 Å². The van der Waals surface area contributed by atoms with Crippen LogP contribution in [0.4, 0.5) is 0 Å². The van der Waals surface area contributed by atoms with Gasteiger partial charge in [-0.25, -0.2) is 0 Å². The van der Waals surface area contributed by atoms with Crippen LogP contribution in [-0.4, -0.2) is 16.6 Å². The predicted octanol–water partition coefficient (Wildman–Crippen LogP) is 5.24. The van der Waals surface area contributed by atoms with Gasteiger partial charge in [0.15, 0.2) is 0 Å². The highest BCUT2D eigenvalue weighted by atomic mass is 16.4. The number of oxime groups is 1. The van der Waals surface area contributed by atoms with Gasteiger partial charge in [0.25, 0.3) is 0 Å². The van der Waals surface area contributed by atoms with Crippen molar-refractivity contribution in [2.24, 2.45) is 10.1 Å². The Bertz CT molecular complexity index is 673. The fourth-order valence-corrected chi connectivity index (χ4v) is 2.69. The zero-order valence-corrected chi connectivity index (χ0v) is 14.0. The molecule has 0 aliphatic carbocycles. The Hall–Kier alpha value is -2.42. The highest BCUT2D eigenvalue weighted by Crippen LogP contribution is 2.31. The summed E-state index contributed by atoms with van der Waals surface area (Å²) in [6, 6.07) is 18.7. The molecular formula is C20H24N2O. The first-order valence-corrected chi connectivity index (χ1v) is 8.19. The Morgan fingerprint density at radius 1 is 1.04 bits per heavy atom. The molecule has 0 saturated heterocycles. The molecule has 120 valence electrons. The van der Waals surface area contributed by atoms with Crippen molar-refractivity contribution < 1.29 is 5.21 Å². The topological polar surface area (TPSA) is 45.0 Å². The van der Waals surface area contributed by atoms with E-state index < -0.39 is 0 Å². The van der Waals surface area contributed by atoms with Gasteiger partial charge in [0.05, 0.1) is 11.8 Å². The number of benzene rings is 2. The molecule has 1 aliphatic rings. The highest BCUT2D eigenvalue weighted by molar-refractivity contribution is 6.01. The van der Waals surface area contributed by atoms with Gasteiger partial charge in [0, 0.05) is 5.71 Å². The van der Waals surface area contributed by atoms with E-state index >= 15 is 0 Å². The summed E-state index contributed by atoms with van der Waals surface area (Å²) in [5.41, 5.74) is 5.20. The Balaban J connectivity index is 0.000000924. The Kier molecular flexibility index (Phi) is 6.10. The highest BCUT2D eigenvalue weighted by Gasteiger charge is 2.19. The van der Waals surface area contributed by atoms with E-state index in [1.807, 2.05) is 32.0 Å². The van der Waals surface area contributed by atoms with Crippen LogP contribution in [-0.2, 0) is 0 Å². The standard InChI is InChI=1S/C18H18N2O.C2H6/c1-13(20-21)14-7-9-16(10-8-14)18-12-11-17(19-18)15-5-3-2-4-6-15;1-2/h2-10,18,21H,11-12H2,1H3;1-2H3/b20-13-;. The third-order valence-corrected chi connectivity index (χ3v) is 3.94. The first-order valence-electron chi connectivity index (χ1n) is 8.19. The van der Waals surface area contributed by atoms with E-state index in [0.29, 0.717) is 5.71 Å². The molecule has 2 aromatic carbocycles. The van der Waals surface area contributed by atoms with Gasteiger partial charge in [-0.05, 0) is 36.5 Å². The maximum absolute atomic E-state index is 8.80. The molecule has 1 atom stereocenters. The average Bonchev–Trinajstić information content (AvgIpc) is 3.14. The number of aliphatic imine (C=N–C) groups is 1. The first kappa shape index (κ1) is 16.9. The van der Waals surface area contributed by atoms with Crippen molar-refractivity contribution in [3.05, 3.63) is 71.3 Å². The van der Waals surface area contributed by atoms with Crippen molar-refractivity contribution >= 4 is 11.4 Å². The van der Waals surface area contributed by atoms with Crippen molar-refractivity contribution in [3.8, 4) is 0 Å². The molecule has 0 spiro atoms. The summed E-state index contributed by atoms with van der Waals surface area (Å²) in [7, 11) is 0. The van der Waals surface area contributed by atoms with E-state index in [9.17, 15) is 0 Å². The third kappa shape index (κ3) is 4.07. The van der Waals surface area contributed by atoms with Crippen LogP contribution in [0.1, 0.15) is 56.3 Å². The van der Waals surface area contributed by atoms with Crippen molar-refractivity contribution in [2.45, 2.75) is 39.7 Å². The van der Waals surface area contributed by atoms with Gasteiger partial charge in [0.2, 0.25) is 0 Å². The SMILES string of the molecule is C/C(=N/O)c1ccc(C2CCC(c3ccccc3)=N2)cc1.CC. The van der Waals surface area contributed by atoms with Crippen LogP contribution in [0, 0.1) is 0 Å². The van der Waals surface area contributed by atoms with Crippen LogP contribution in [0.5, 0.6) is 0 Å². The molecule has 2 aromatic rings. The molecule has 23 heavy (non-hydrogen) atoms. The summed E-state index contributed by atoms with van der Waals surface area (Å²) >= 11 is 0. The lowest BCUT2D eigenvalue weighted by Crippen LogP contribution is -1.96. The van der Waals surface area contributed by atoms with Crippen LogP contribution in [0.2, 0.25) is 0 Å². The molecule has 0 aromatic heterocycles. The summed E-state index contributed by atoms with van der Waals surface area (Å²) in [6.07, 6.45) is 2.07. The minimum absolute atomic E-state index is 0.237. The molecule has 0 saturated carbocycles. The normalized spacial score (nSPS) is 17.3. The molecule has 1 unspecified atom stereocenters. The number of nitrogens with zero attached hydrogens (tertiary/aromatic N) is 2. The molecule has 0 bridgehead atoms. The van der Waals surface area contributed by atoms with E-state index in [1.165, 1.54) is 16.8 Å². The Morgan fingerprint density at radius 3 is 2.30 bits per heavy atom. The number of hydrogen-bond donors (Lipinski definition) is 1. The molecule has 1 aliphatic heterocycles. The summed E-state index contributed by atoms with van der Waals surface area (Å²) in [5, 5.41) is 12.0. The van der Waals surface area contributed by atoms with Crippen LogP contribution in [0.25, 0.3) is 0 Å². The van der Waals surface area contributed by atoms with E-state index in [2.05, 4.69) is 41.6 Å². The van der Waals surface area contributed by atoms with Crippen LogP contribution in [0.3, 0.4) is 0 Å². The molecule has 0 amide bonds. The fraction of sp³-hybridized carbons (Fsp3) is 0.300. The molecule has 3 heteroatoms. The van der Waals surface area contributed by atoms with Crippen LogP contribution >= 0.6 is 0 Å². The number of hydrogen-bond acceptors (Lipinski definition) is 3. The predicted molar refractivity (Wildman–Crippen MR) is 96.7 cm³/mol. The largest absolute Gasteiger partial charge is 0.411 e. The van der Waals surface area contributed by atoms with Crippen LogP contribution < -0.4 is 0 Å². The quantitative estimate of drug-likeness (QED) is 0.470. The summed E-state index contributed by atoms with van der Waals surface area (Å²) < 4.78 is 0. The summed E-state index contributed by atoms with van der Waals surface area (Å²) in [5.74, 6) is 0. The molecule has 3 rings (SSSR count). The van der Waals surface area contributed by atoms with Crippen molar-refractivity contribution in [2.75, 3.05) is 0 Å². The summed E-state index contributed by atoms with van der Waals surface area (Å²) in [4.78, 5) is 4.86. The zero-order valence-electron chi connectivity index (χ0n) is 14.0. The van der Waals surface area contributed by atoms with E-state index in [-0.39, 0.29) is 6.04 Å². The second-order valence-corrected chi connectivity index (χ2v) is 5.30. The van der Waals surface area contributed by atoms with E-state index in [1.54, 1.807) is 6.92 Å². The smallest absolute Gasteiger partial charge is 0.0836 e. The van der Waals surface area contributed by atoms with Gasteiger partial charge >= 0.3 is 0 Å². The molecular weight excluding hydrogens is 284 g/mol. The molecule has 1 heterocycles. The monoisotopic (exact) mass is 308 g/mol. The zero-order chi connectivity index (χ0) is 16.7. The molecule has 0 radical (unpaired) electrons. The van der Waals surface area contributed by atoms with Gasteiger partial charge < -0.3 is 5.21 Å². The lowest BCUT2D eigenvalue weighted by Gasteiger charge is -2.07. The van der Waals surface area contributed by atoms with E-state index in [0.717, 1.165) is 18.4 Å². The molecule has 3 nitrogen and oxygen atoms in total. The minimum Gasteiger partial charge on any atom is -0.411 e. The Morgan fingerprint density at radius 2 is 1.70 bits per heavy atom. The van der Waals surface area contributed by atoms with Gasteiger partial charge in [-0.1, -0.05) is 73.6 Å². The second kappa shape index (κ2) is 8.28. The van der Waals surface area contributed by atoms with Gasteiger partial charge in [0.1, 0.15) is 0 Å². The Labute approximate surface area is 138 Å². The lowest BCUT2D eigenvalue weighted by atomic mass is 10.0. The van der Waals surface area contributed by atoms with E-state index in [4.69, 9.17) is 10.2 Å². The lowest BCUT2D eigenvalue weighted by molar-refractivity contribution is 0.319. The first-order chi connectivity index (χ1) is 11.3. The van der Waals surface area contributed by atoms with Crippen LogP contribution in [0.15, 0.2) is 64.7 Å². The van der Waals surface area contributed by atoms with Crippen molar-refractivity contribution in [1.29, 1.82) is 0 Å². The minimum atomic E-state index is 0.237. The summed E-state index contributed by atoms with van der Waals surface area (Å²) in [6.45, 7) is 5.79. The maximum Gasteiger partial charge on any atom is 0.0836 e.